The van der Waals surface area contributed by atoms with E-state index in [0.29, 0.717) is 38.3 Å². The molecule has 0 spiro atoms. The Hall–Kier alpha value is -1.83. The number of morpholine rings is 1. The third-order valence-electron chi connectivity index (χ3n) is 8.39. The lowest BCUT2D eigenvalue weighted by Crippen LogP contribution is -2.51. The van der Waals surface area contributed by atoms with Crippen LogP contribution in [0.25, 0.3) is 0 Å². The highest BCUT2D eigenvalue weighted by Crippen LogP contribution is 2.26. The van der Waals surface area contributed by atoms with Gasteiger partial charge in [-0.2, -0.15) is 0 Å². The van der Waals surface area contributed by atoms with Gasteiger partial charge >= 0.3 is 6.03 Å². The lowest BCUT2D eigenvalue weighted by Gasteiger charge is -2.39. The number of likely N-dealkylation sites (N-methyl/N-ethyl adjacent to an activating group) is 1. The molecular formula is C29H47ClN4O3. The van der Waals surface area contributed by atoms with E-state index >= 15 is 0 Å². The van der Waals surface area contributed by atoms with Gasteiger partial charge in [0.05, 0.1) is 13.2 Å². The van der Waals surface area contributed by atoms with Crippen LogP contribution in [0, 0.1) is 11.8 Å². The number of carbonyl (C=O) groups excluding carboxylic acids is 2. The summed E-state index contributed by atoms with van der Waals surface area (Å²) < 4.78 is 5.39. The zero-order valence-corrected chi connectivity index (χ0v) is 23.6. The Kier molecular flexibility index (Phi) is 12.0. The van der Waals surface area contributed by atoms with E-state index in [0.717, 1.165) is 64.0 Å². The smallest absolute Gasteiger partial charge is 0.320 e. The summed E-state index contributed by atoms with van der Waals surface area (Å²) in [4.78, 5) is 32.0. The first-order chi connectivity index (χ1) is 17.5. The van der Waals surface area contributed by atoms with E-state index in [9.17, 15) is 9.59 Å². The van der Waals surface area contributed by atoms with Crippen molar-refractivity contribution in [1.82, 2.24) is 14.7 Å². The fraction of sp³-hybridized carbons (Fsp3) is 0.724. The summed E-state index contributed by atoms with van der Waals surface area (Å²) in [6.07, 6.45) is 8.76. The van der Waals surface area contributed by atoms with Crippen LogP contribution in [0.5, 0.6) is 0 Å². The number of halogens is 1. The molecule has 1 aromatic rings. The van der Waals surface area contributed by atoms with Crippen LogP contribution in [-0.4, -0.2) is 85.2 Å². The lowest BCUT2D eigenvalue weighted by atomic mass is 9.88. The van der Waals surface area contributed by atoms with Gasteiger partial charge in [0.1, 0.15) is 0 Å². The number of nitrogens with one attached hydrogen (secondary N) is 1. The molecule has 3 aliphatic rings. The number of piperidine rings is 1. The molecule has 1 N–H and O–H groups in total. The normalized spacial score (nSPS) is 20.4. The molecule has 2 saturated heterocycles. The van der Waals surface area contributed by atoms with Gasteiger partial charge in [0, 0.05) is 50.4 Å². The van der Waals surface area contributed by atoms with E-state index in [-0.39, 0.29) is 30.3 Å². The third-order valence-corrected chi connectivity index (χ3v) is 8.39. The number of urea groups is 1. The van der Waals surface area contributed by atoms with Gasteiger partial charge in [-0.25, -0.2) is 4.79 Å². The van der Waals surface area contributed by atoms with Crippen LogP contribution < -0.4 is 5.32 Å². The molecule has 7 nitrogen and oxygen atoms in total. The first-order valence-corrected chi connectivity index (χ1v) is 14.3. The van der Waals surface area contributed by atoms with Gasteiger partial charge in [-0.3, -0.25) is 4.79 Å². The number of nitrogens with zero attached hydrogens (tertiary/aromatic N) is 3. The predicted molar refractivity (Wildman–Crippen MR) is 151 cm³/mol. The maximum atomic E-state index is 12.8. The number of ether oxygens (including phenoxy) is 1. The van der Waals surface area contributed by atoms with E-state index in [1.54, 1.807) is 0 Å². The zero-order valence-electron chi connectivity index (χ0n) is 22.8. The van der Waals surface area contributed by atoms with Crippen LogP contribution in [0.15, 0.2) is 24.3 Å². The molecule has 4 rings (SSSR count). The van der Waals surface area contributed by atoms with Crippen LogP contribution in [-0.2, 0) is 16.0 Å². The molecule has 208 valence electrons. The fourth-order valence-corrected chi connectivity index (χ4v) is 6.07. The van der Waals surface area contributed by atoms with Crippen molar-refractivity contribution in [2.75, 3.05) is 57.8 Å². The molecule has 1 aliphatic carbocycles. The van der Waals surface area contributed by atoms with Gasteiger partial charge in [0.2, 0.25) is 5.91 Å². The van der Waals surface area contributed by atoms with Crippen LogP contribution in [0.4, 0.5) is 10.5 Å². The van der Waals surface area contributed by atoms with Gasteiger partial charge in [-0.1, -0.05) is 38.3 Å². The zero-order chi connectivity index (χ0) is 25.3. The number of amides is 3. The van der Waals surface area contributed by atoms with Crippen molar-refractivity contribution in [3.63, 3.8) is 0 Å². The Bertz CT molecular complexity index is 849. The van der Waals surface area contributed by atoms with Gasteiger partial charge in [-0.15, -0.1) is 12.4 Å². The lowest BCUT2D eigenvalue weighted by molar-refractivity contribution is -0.120. The summed E-state index contributed by atoms with van der Waals surface area (Å²) in [6, 6.07) is 9.02. The highest BCUT2D eigenvalue weighted by molar-refractivity contribution is 5.92. The first-order valence-electron chi connectivity index (χ1n) is 14.3. The van der Waals surface area contributed by atoms with Crippen molar-refractivity contribution < 1.29 is 14.3 Å². The number of rotatable bonds is 8. The van der Waals surface area contributed by atoms with Crippen molar-refractivity contribution >= 4 is 30.0 Å². The van der Waals surface area contributed by atoms with Crippen molar-refractivity contribution in [3.05, 3.63) is 29.8 Å². The summed E-state index contributed by atoms with van der Waals surface area (Å²) in [7, 11) is 0. The maximum Gasteiger partial charge on any atom is 0.320 e. The second-order valence-corrected chi connectivity index (χ2v) is 11.0. The standard InChI is InChI=1S/C29H46N4O3.ClH/c1-3-31(22-24-12-14-32(15-13-24)29(35)33-16-18-36-19-17-33)23(2)20-25-8-7-11-27(21-25)30-28(34)26-9-5-4-6-10-26;/h7-8,11,21,23-24,26H,3-6,9-10,12-20,22H2,1-2H3,(H,30,34);1H. The Morgan fingerprint density at radius 3 is 2.38 bits per heavy atom. The second kappa shape index (κ2) is 14.9. The minimum absolute atomic E-state index is 0. The maximum absolute atomic E-state index is 12.8. The van der Waals surface area contributed by atoms with E-state index in [1.165, 1.54) is 24.8 Å². The highest BCUT2D eigenvalue weighted by Gasteiger charge is 2.29. The van der Waals surface area contributed by atoms with Crippen LogP contribution >= 0.6 is 12.4 Å². The van der Waals surface area contributed by atoms with Gasteiger partial charge in [-0.05, 0) is 69.2 Å². The Labute approximate surface area is 229 Å². The van der Waals surface area contributed by atoms with Crippen molar-refractivity contribution in [1.29, 1.82) is 0 Å². The summed E-state index contributed by atoms with van der Waals surface area (Å²) in [6.45, 7) is 11.1. The predicted octanol–water partition coefficient (Wildman–Crippen LogP) is 5.04. The minimum Gasteiger partial charge on any atom is -0.378 e. The number of anilines is 1. The number of likely N-dealkylation sites (tertiary alicyclic amines) is 1. The molecule has 3 fully saturated rings. The molecule has 37 heavy (non-hydrogen) atoms. The highest BCUT2D eigenvalue weighted by atomic mass is 35.5. The van der Waals surface area contributed by atoms with E-state index in [1.807, 2.05) is 15.9 Å². The van der Waals surface area contributed by atoms with E-state index in [4.69, 9.17) is 4.74 Å². The third kappa shape index (κ3) is 8.59. The SMILES string of the molecule is CCN(CC1CCN(C(=O)N2CCOCC2)CC1)C(C)Cc1cccc(NC(=O)C2CCCCC2)c1.Cl. The number of benzene rings is 1. The molecular weight excluding hydrogens is 488 g/mol. The van der Waals surface area contributed by atoms with Crippen LogP contribution in [0.2, 0.25) is 0 Å². The number of carbonyl (C=O) groups is 2. The molecule has 0 radical (unpaired) electrons. The molecule has 0 bridgehead atoms. The van der Waals surface area contributed by atoms with E-state index in [2.05, 4.69) is 42.3 Å². The molecule has 2 aliphatic heterocycles. The molecule has 2 heterocycles. The quantitative estimate of drug-likeness (QED) is 0.507. The average molecular weight is 535 g/mol. The molecule has 1 unspecified atom stereocenters. The Morgan fingerprint density at radius 2 is 1.70 bits per heavy atom. The molecule has 8 heteroatoms. The van der Waals surface area contributed by atoms with E-state index < -0.39 is 0 Å². The van der Waals surface area contributed by atoms with Gasteiger partial charge in [0.25, 0.3) is 0 Å². The monoisotopic (exact) mass is 534 g/mol. The van der Waals surface area contributed by atoms with Crippen LogP contribution in [0.1, 0.15) is 64.4 Å². The summed E-state index contributed by atoms with van der Waals surface area (Å²) in [5.74, 6) is 0.989. The topological polar surface area (TPSA) is 65.1 Å². The number of hydrogen-bond donors (Lipinski definition) is 1. The van der Waals surface area contributed by atoms with Crippen LogP contribution in [0.3, 0.4) is 0 Å². The Morgan fingerprint density at radius 1 is 1.03 bits per heavy atom. The first kappa shape index (κ1) is 29.7. The summed E-state index contributed by atoms with van der Waals surface area (Å²) >= 11 is 0. The minimum atomic E-state index is 0. The molecule has 3 amide bonds. The molecule has 0 aromatic heterocycles. The summed E-state index contributed by atoms with van der Waals surface area (Å²) in [5, 5.41) is 3.18. The second-order valence-electron chi connectivity index (χ2n) is 11.0. The average Bonchev–Trinajstić information content (AvgIpc) is 2.92. The van der Waals surface area contributed by atoms with Crippen molar-refractivity contribution in [2.45, 2.75) is 71.3 Å². The molecule has 1 saturated carbocycles. The molecule has 1 aromatic carbocycles. The fourth-order valence-electron chi connectivity index (χ4n) is 6.07. The largest absolute Gasteiger partial charge is 0.378 e. The Balaban J connectivity index is 0.00000380. The number of hydrogen-bond acceptors (Lipinski definition) is 4. The summed E-state index contributed by atoms with van der Waals surface area (Å²) in [5.41, 5.74) is 2.20. The van der Waals surface area contributed by atoms with Gasteiger partial charge < -0.3 is 24.8 Å². The molecule has 1 atom stereocenters. The van der Waals surface area contributed by atoms with Crippen molar-refractivity contribution in [3.8, 4) is 0 Å². The van der Waals surface area contributed by atoms with Crippen molar-refractivity contribution in [2.24, 2.45) is 11.8 Å². The van der Waals surface area contributed by atoms with Gasteiger partial charge in [0.15, 0.2) is 0 Å².